The number of carbonyl (C=O) groups is 2. The van der Waals surface area contributed by atoms with Gasteiger partial charge in [-0.25, -0.2) is 14.8 Å². The van der Waals surface area contributed by atoms with E-state index in [4.69, 9.17) is 4.74 Å². The van der Waals surface area contributed by atoms with Crippen molar-refractivity contribution in [3.05, 3.63) is 54.4 Å². The van der Waals surface area contributed by atoms with Gasteiger partial charge in [-0.2, -0.15) is 0 Å². The van der Waals surface area contributed by atoms with Gasteiger partial charge in [0.15, 0.2) is 0 Å². The van der Waals surface area contributed by atoms with E-state index < -0.39 is 12.1 Å². The van der Waals surface area contributed by atoms with Gasteiger partial charge in [0.05, 0.1) is 0 Å². The standard InChI is InChI=1S/C22H29N5O3/c1-3-17(2)19(25-22(29)30-16-18-8-5-4-6-9-18)20(28)26-12-14-27(15-13-26)21-23-10-7-11-24-21/h4-11,17,19H,3,12-16H2,1-2H3,(H,25,29)/t17-,19-/m0/s1. The van der Waals surface area contributed by atoms with Crippen molar-refractivity contribution in [3.8, 4) is 0 Å². The van der Waals surface area contributed by atoms with E-state index in [-0.39, 0.29) is 18.4 Å². The largest absolute Gasteiger partial charge is 0.445 e. The molecule has 0 saturated carbocycles. The van der Waals surface area contributed by atoms with Gasteiger partial charge in [-0.3, -0.25) is 4.79 Å². The van der Waals surface area contributed by atoms with Gasteiger partial charge < -0.3 is 19.9 Å². The smallest absolute Gasteiger partial charge is 0.408 e. The van der Waals surface area contributed by atoms with E-state index in [1.165, 1.54) is 0 Å². The lowest BCUT2D eigenvalue weighted by molar-refractivity contribution is -0.135. The molecule has 8 nitrogen and oxygen atoms in total. The van der Waals surface area contributed by atoms with Crippen molar-refractivity contribution in [1.82, 2.24) is 20.2 Å². The van der Waals surface area contributed by atoms with Gasteiger partial charge in [-0.05, 0) is 17.5 Å². The van der Waals surface area contributed by atoms with E-state index in [1.54, 1.807) is 23.4 Å². The van der Waals surface area contributed by atoms with Crippen LogP contribution >= 0.6 is 0 Å². The topological polar surface area (TPSA) is 87.7 Å². The van der Waals surface area contributed by atoms with E-state index >= 15 is 0 Å². The third kappa shape index (κ3) is 5.68. The molecule has 3 rings (SSSR count). The fourth-order valence-electron chi connectivity index (χ4n) is 3.35. The maximum Gasteiger partial charge on any atom is 0.408 e. The van der Waals surface area contributed by atoms with Crippen LogP contribution in [0.1, 0.15) is 25.8 Å². The molecule has 1 aromatic heterocycles. The highest BCUT2D eigenvalue weighted by Crippen LogP contribution is 2.15. The molecule has 2 heterocycles. The number of carbonyl (C=O) groups excluding carboxylic acids is 2. The Morgan fingerprint density at radius 3 is 2.37 bits per heavy atom. The van der Waals surface area contributed by atoms with Crippen LogP contribution in [-0.2, 0) is 16.1 Å². The predicted octanol–water partition coefficient (Wildman–Crippen LogP) is 2.47. The summed E-state index contributed by atoms with van der Waals surface area (Å²) in [4.78, 5) is 37.9. The normalized spacial score (nSPS) is 15.9. The highest BCUT2D eigenvalue weighted by molar-refractivity contribution is 5.86. The number of anilines is 1. The number of amides is 2. The van der Waals surface area contributed by atoms with Crippen molar-refractivity contribution in [2.45, 2.75) is 32.9 Å². The molecule has 1 fully saturated rings. The SMILES string of the molecule is CC[C@H](C)[C@H](NC(=O)OCc1ccccc1)C(=O)N1CCN(c2ncccn2)CC1. The second-order valence-corrected chi connectivity index (χ2v) is 7.43. The second kappa shape index (κ2) is 10.6. The molecule has 160 valence electrons. The molecule has 0 radical (unpaired) electrons. The zero-order valence-corrected chi connectivity index (χ0v) is 17.5. The molecule has 8 heteroatoms. The lowest BCUT2D eigenvalue weighted by Gasteiger charge is -2.37. The van der Waals surface area contributed by atoms with E-state index in [2.05, 4.69) is 20.2 Å². The molecule has 0 bridgehead atoms. The lowest BCUT2D eigenvalue weighted by atomic mass is 9.97. The van der Waals surface area contributed by atoms with E-state index in [9.17, 15) is 9.59 Å². The molecule has 1 aliphatic heterocycles. The maximum absolute atomic E-state index is 13.2. The fraction of sp³-hybridized carbons (Fsp3) is 0.455. The highest BCUT2D eigenvalue weighted by atomic mass is 16.5. The summed E-state index contributed by atoms with van der Waals surface area (Å²) in [6.07, 6.45) is 3.62. The van der Waals surface area contributed by atoms with Gasteiger partial charge in [0.2, 0.25) is 11.9 Å². The Hall–Kier alpha value is -3.16. The van der Waals surface area contributed by atoms with E-state index in [0.717, 1.165) is 12.0 Å². The first-order valence-corrected chi connectivity index (χ1v) is 10.4. The molecule has 0 spiro atoms. The maximum atomic E-state index is 13.2. The number of ether oxygens (including phenoxy) is 1. The number of nitrogens with zero attached hydrogens (tertiary/aromatic N) is 4. The Morgan fingerprint density at radius 2 is 1.73 bits per heavy atom. The quantitative estimate of drug-likeness (QED) is 0.753. The van der Waals surface area contributed by atoms with E-state index in [1.807, 2.05) is 44.2 Å². The summed E-state index contributed by atoms with van der Waals surface area (Å²) in [5.41, 5.74) is 0.901. The summed E-state index contributed by atoms with van der Waals surface area (Å²) in [6.45, 7) is 6.57. The molecule has 2 amide bonds. The fourth-order valence-corrected chi connectivity index (χ4v) is 3.35. The van der Waals surface area contributed by atoms with Crippen LogP contribution in [0.3, 0.4) is 0 Å². The summed E-state index contributed by atoms with van der Waals surface area (Å²) in [7, 11) is 0. The third-order valence-corrected chi connectivity index (χ3v) is 5.39. The molecule has 2 aromatic rings. The summed E-state index contributed by atoms with van der Waals surface area (Å²) in [5, 5.41) is 2.79. The number of hydrogen-bond donors (Lipinski definition) is 1. The molecule has 0 unspecified atom stereocenters. The van der Waals surface area contributed by atoms with Crippen molar-refractivity contribution < 1.29 is 14.3 Å². The zero-order valence-electron chi connectivity index (χ0n) is 17.5. The molecule has 1 aliphatic rings. The van der Waals surface area contributed by atoms with Gasteiger partial charge in [0, 0.05) is 38.6 Å². The van der Waals surface area contributed by atoms with Gasteiger partial charge in [-0.1, -0.05) is 50.6 Å². The van der Waals surface area contributed by atoms with Crippen LogP contribution < -0.4 is 10.2 Å². The van der Waals surface area contributed by atoms with Crippen LogP contribution in [0, 0.1) is 5.92 Å². The molecule has 1 N–H and O–H groups in total. The second-order valence-electron chi connectivity index (χ2n) is 7.43. The minimum absolute atomic E-state index is 0.00254. The van der Waals surface area contributed by atoms with Gasteiger partial charge in [0.1, 0.15) is 12.6 Å². The van der Waals surface area contributed by atoms with Crippen LogP contribution in [0.5, 0.6) is 0 Å². The third-order valence-electron chi connectivity index (χ3n) is 5.39. The first-order chi connectivity index (χ1) is 14.6. The summed E-state index contributed by atoms with van der Waals surface area (Å²) >= 11 is 0. The Labute approximate surface area is 177 Å². The average molecular weight is 412 g/mol. The molecule has 0 aliphatic carbocycles. The number of nitrogens with one attached hydrogen (secondary N) is 1. The minimum Gasteiger partial charge on any atom is -0.445 e. The van der Waals surface area contributed by atoms with Crippen molar-refractivity contribution in [2.75, 3.05) is 31.1 Å². The Morgan fingerprint density at radius 1 is 1.07 bits per heavy atom. The van der Waals surface area contributed by atoms with Gasteiger partial charge in [-0.15, -0.1) is 0 Å². The number of rotatable bonds is 7. The number of piperazine rings is 1. The molecule has 30 heavy (non-hydrogen) atoms. The predicted molar refractivity (Wildman–Crippen MR) is 114 cm³/mol. The number of aromatic nitrogens is 2. The van der Waals surface area contributed by atoms with Gasteiger partial charge >= 0.3 is 6.09 Å². The molecular formula is C22H29N5O3. The summed E-state index contributed by atoms with van der Waals surface area (Å²) < 4.78 is 5.32. The molecule has 1 saturated heterocycles. The Kier molecular flexibility index (Phi) is 7.59. The summed E-state index contributed by atoms with van der Waals surface area (Å²) in [6, 6.07) is 10.6. The van der Waals surface area contributed by atoms with Crippen molar-refractivity contribution in [3.63, 3.8) is 0 Å². The van der Waals surface area contributed by atoms with Crippen LogP contribution in [-0.4, -0.2) is 59.1 Å². The summed E-state index contributed by atoms with van der Waals surface area (Å²) in [5.74, 6) is 0.595. The Balaban J connectivity index is 1.55. The van der Waals surface area contributed by atoms with E-state index in [0.29, 0.717) is 32.1 Å². The first kappa shape index (κ1) is 21.5. The Bertz CT molecular complexity index is 810. The lowest BCUT2D eigenvalue weighted by Crippen LogP contribution is -2.57. The molecule has 2 atom stereocenters. The molecule has 1 aromatic carbocycles. The van der Waals surface area contributed by atoms with Crippen LogP contribution in [0.15, 0.2) is 48.8 Å². The van der Waals surface area contributed by atoms with Crippen LogP contribution in [0.2, 0.25) is 0 Å². The van der Waals surface area contributed by atoms with Gasteiger partial charge in [0.25, 0.3) is 0 Å². The average Bonchev–Trinajstić information content (AvgIpc) is 2.81. The molecular weight excluding hydrogens is 382 g/mol. The van der Waals surface area contributed by atoms with Crippen molar-refractivity contribution in [1.29, 1.82) is 0 Å². The van der Waals surface area contributed by atoms with Crippen LogP contribution in [0.25, 0.3) is 0 Å². The number of alkyl carbamates (subject to hydrolysis) is 1. The van der Waals surface area contributed by atoms with Crippen molar-refractivity contribution in [2.24, 2.45) is 5.92 Å². The first-order valence-electron chi connectivity index (χ1n) is 10.4. The monoisotopic (exact) mass is 411 g/mol. The number of benzene rings is 1. The van der Waals surface area contributed by atoms with Crippen LogP contribution in [0.4, 0.5) is 10.7 Å². The number of hydrogen-bond acceptors (Lipinski definition) is 6. The van der Waals surface area contributed by atoms with Crippen molar-refractivity contribution >= 4 is 17.9 Å². The zero-order chi connectivity index (χ0) is 21.3. The minimum atomic E-state index is -0.613. The highest BCUT2D eigenvalue weighted by Gasteiger charge is 2.32.